The maximum Gasteiger partial charge on any atom is 0.164 e. The molecular weight excluding hydrogens is 741 g/mol. The Bertz CT molecular complexity index is 3140. The van der Waals surface area contributed by atoms with Crippen LogP contribution in [0.25, 0.3) is 89.8 Å². The summed E-state index contributed by atoms with van der Waals surface area (Å²) in [7, 11) is 0. The van der Waals surface area contributed by atoms with Crippen LogP contribution in [0.15, 0.2) is 219 Å². The molecule has 0 aliphatic heterocycles. The standard InChI is InChI=1S/C57H36N4/c1-2-12-37(13-3-1)38-22-26-41(27-23-38)54-59-55(42-28-24-39(25-29-42)40-32-34-58-35-33-40)61-56(60-54)43-30-31-49-45-15-5-4-14-44(45)46-16-6-9-19-50(46)57(53(49)36-43)51-20-10-7-17-47(51)48-18-8-11-21-52(48)57/h1-36H. The number of hydrogen-bond acceptors (Lipinski definition) is 4. The third-order valence-electron chi connectivity index (χ3n) is 12.5. The van der Waals surface area contributed by atoms with Crippen LogP contribution in [0.2, 0.25) is 0 Å². The first kappa shape index (κ1) is 34.9. The molecule has 0 fully saturated rings. The second kappa shape index (κ2) is 14.0. The van der Waals surface area contributed by atoms with Gasteiger partial charge in [0.1, 0.15) is 0 Å². The molecule has 2 aliphatic rings. The molecule has 0 saturated carbocycles. The number of aromatic nitrogens is 4. The first-order valence-corrected chi connectivity index (χ1v) is 20.7. The number of nitrogens with zero attached hydrogens (tertiary/aromatic N) is 4. The van der Waals surface area contributed by atoms with Gasteiger partial charge in [0.15, 0.2) is 17.5 Å². The van der Waals surface area contributed by atoms with Crippen molar-refractivity contribution < 1.29 is 0 Å². The molecule has 1 spiro atoms. The van der Waals surface area contributed by atoms with E-state index in [9.17, 15) is 0 Å². The van der Waals surface area contributed by atoms with Gasteiger partial charge in [0.05, 0.1) is 5.41 Å². The summed E-state index contributed by atoms with van der Waals surface area (Å²) in [6.07, 6.45) is 3.64. The van der Waals surface area contributed by atoms with Crippen molar-refractivity contribution in [2.45, 2.75) is 5.41 Å². The van der Waals surface area contributed by atoms with Crippen LogP contribution in [0.3, 0.4) is 0 Å². The monoisotopic (exact) mass is 776 g/mol. The molecule has 0 radical (unpaired) electrons. The molecule has 4 heteroatoms. The Balaban J connectivity index is 1.10. The second-order valence-corrected chi connectivity index (χ2v) is 15.8. The van der Waals surface area contributed by atoms with E-state index in [2.05, 4.69) is 193 Å². The average Bonchev–Trinajstić information content (AvgIpc) is 3.59. The quantitative estimate of drug-likeness (QED) is 0.175. The molecule has 2 heterocycles. The number of fused-ring (bicyclic) bond motifs is 12. The first-order chi connectivity index (χ1) is 30.2. The highest BCUT2D eigenvalue weighted by atomic mass is 15.0. The molecule has 284 valence electrons. The third-order valence-corrected chi connectivity index (χ3v) is 12.5. The van der Waals surface area contributed by atoms with Crippen molar-refractivity contribution in [3.8, 4) is 89.8 Å². The van der Waals surface area contributed by atoms with Crippen LogP contribution in [0.4, 0.5) is 0 Å². The van der Waals surface area contributed by atoms with Gasteiger partial charge in [0.25, 0.3) is 0 Å². The summed E-state index contributed by atoms with van der Waals surface area (Å²) in [6, 6.07) is 74.0. The van der Waals surface area contributed by atoms with Crippen LogP contribution in [0.5, 0.6) is 0 Å². The van der Waals surface area contributed by atoms with Crippen molar-refractivity contribution in [2.75, 3.05) is 0 Å². The Morgan fingerprint density at radius 1 is 0.246 bits per heavy atom. The van der Waals surface area contributed by atoms with E-state index in [0.717, 1.165) is 38.9 Å². The van der Waals surface area contributed by atoms with Gasteiger partial charge < -0.3 is 0 Å². The predicted octanol–water partition coefficient (Wildman–Crippen LogP) is 13.6. The van der Waals surface area contributed by atoms with E-state index < -0.39 is 5.41 Å². The van der Waals surface area contributed by atoms with Crippen LogP contribution < -0.4 is 0 Å². The fourth-order valence-electron chi connectivity index (χ4n) is 9.75. The van der Waals surface area contributed by atoms with E-state index in [4.69, 9.17) is 15.0 Å². The largest absolute Gasteiger partial charge is 0.265 e. The van der Waals surface area contributed by atoms with Gasteiger partial charge in [-0.05, 0) is 96.1 Å². The normalized spacial score (nSPS) is 12.7. The Morgan fingerprint density at radius 2 is 0.590 bits per heavy atom. The number of hydrogen-bond donors (Lipinski definition) is 0. The minimum absolute atomic E-state index is 0.608. The lowest BCUT2D eigenvalue weighted by Crippen LogP contribution is -2.29. The molecule has 0 N–H and O–H groups in total. The van der Waals surface area contributed by atoms with Crippen LogP contribution in [-0.2, 0) is 5.41 Å². The van der Waals surface area contributed by atoms with Gasteiger partial charge in [-0.25, -0.2) is 15.0 Å². The molecule has 10 aromatic rings. The van der Waals surface area contributed by atoms with Gasteiger partial charge in [-0.3, -0.25) is 4.98 Å². The smallest absolute Gasteiger partial charge is 0.164 e. The lowest BCUT2D eigenvalue weighted by Gasteiger charge is -2.35. The summed E-state index contributed by atoms with van der Waals surface area (Å²) in [5.41, 5.74) is 19.1. The van der Waals surface area contributed by atoms with Crippen LogP contribution in [0, 0.1) is 0 Å². The summed E-state index contributed by atoms with van der Waals surface area (Å²) in [4.78, 5) is 20.0. The van der Waals surface area contributed by atoms with E-state index >= 15 is 0 Å². The Hall–Kier alpha value is -8.08. The summed E-state index contributed by atoms with van der Waals surface area (Å²) in [5.74, 6) is 1.86. The fraction of sp³-hybridized carbons (Fsp3) is 0.0175. The van der Waals surface area contributed by atoms with Gasteiger partial charge in [0, 0.05) is 29.1 Å². The van der Waals surface area contributed by atoms with E-state index in [1.54, 1.807) is 0 Å². The molecule has 0 atom stereocenters. The molecule has 4 nitrogen and oxygen atoms in total. The number of rotatable bonds is 5. The predicted molar refractivity (Wildman–Crippen MR) is 247 cm³/mol. The van der Waals surface area contributed by atoms with Crippen molar-refractivity contribution in [1.82, 2.24) is 19.9 Å². The van der Waals surface area contributed by atoms with Crippen molar-refractivity contribution in [2.24, 2.45) is 0 Å². The van der Waals surface area contributed by atoms with Crippen LogP contribution in [-0.4, -0.2) is 19.9 Å². The average molecular weight is 777 g/mol. The highest BCUT2D eigenvalue weighted by molar-refractivity contribution is 5.97. The molecular formula is C57H36N4. The first-order valence-electron chi connectivity index (χ1n) is 20.7. The van der Waals surface area contributed by atoms with Crippen molar-refractivity contribution in [3.63, 3.8) is 0 Å². The van der Waals surface area contributed by atoms with Gasteiger partial charge in [-0.15, -0.1) is 0 Å². The maximum atomic E-state index is 5.30. The SMILES string of the molecule is c1ccc(-c2ccc(-c3nc(-c4ccc(-c5ccncc5)cc4)nc(-c4ccc5c(c4)C4(c6ccccc6-c6ccccc6-5)c5ccccc5-c5ccccc54)n3)cc2)cc1. The van der Waals surface area contributed by atoms with E-state index in [0.29, 0.717) is 17.5 Å². The summed E-state index contributed by atoms with van der Waals surface area (Å²) in [5, 5.41) is 0. The van der Waals surface area contributed by atoms with E-state index in [-0.39, 0.29) is 0 Å². The molecule has 61 heavy (non-hydrogen) atoms. The maximum absolute atomic E-state index is 5.30. The lowest BCUT2D eigenvalue weighted by atomic mass is 9.65. The Morgan fingerprint density at radius 3 is 1.10 bits per heavy atom. The van der Waals surface area contributed by atoms with Gasteiger partial charge in [-0.1, -0.05) is 188 Å². The van der Waals surface area contributed by atoms with Crippen LogP contribution >= 0.6 is 0 Å². The second-order valence-electron chi connectivity index (χ2n) is 15.8. The zero-order chi connectivity index (χ0) is 40.3. The molecule has 2 aromatic heterocycles. The molecule has 0 saturated heterocycles. The van der Waals surface area contributed by atoms with Gasteiger partial charge >= 0.3 is 0 Å². The van der Waals surface area contributed by atoms with Crippen molar-refractivity contribution >= 4 is 0 Å². The molecule has 2 aliphatic carbocycles. The molecule has 0 unspecified atom stereocenters. The number of benzene rings is 8. The molecule has 12 rings (SSSR count). The molecule has 0 bridgehead atoms. The van der Waals surface area contributed by atoms with Gasteiger partial charge in [-0.2, -0.15) is 0 Å². The minimum atomic E-state index is -0.608. The van der Waals surface area contributed by atoms with Crippen molar-refractivity contribution in [3.05, 3.63) is 241 Å². The van der Waals surface area contributed by atoms with Crippen molar-refractivity contribution in [1.29, 1.82) is 0 Å². The molecule has 8 aromatic carbocycles. The Kier molecular flexibility index (Phi) is 8.04. The third kappa shape index (κ3) is 5.53. The summed E-state index contributed by atoms with van der Waals surface area (Å²) in [6.45, 7) is 0. The van der Waals surface area contributed by atoms with E-state index in [1.807, 2.05) is 30.6 Å². The minimum Gasteiger partial charge on any atom is -0.265 e. The fourth-order valence-corrected chi connectivity index (χ4v) is 9.75. The highest BCUT2D eigenvalue weighted by Crippen LogP contribution is 2.61. The molecule has 0 amide bonds. The Labute approximate surface area is 354 Å². The zero-order valence-electron chi connectivity index (χ0n) is 33.1. The summed E-state index contributed by atoms with van der Waals surface area (Å²) < 4.78 is 0. The van der Waals surface area contributed by atoms with Gasteiger partial charge in [0.2, 0.25) is 0 Å². The van der Waals surface area contributed by atoms with Crippen LogP contribution in [0.1, 0.15) is 22.3 Å². The topological polar surface area (TPSA) is 51.6 Å². The van der Waals surface area contributed by atoms with E-state index in [1.165, 1.54) is 55.6 Å². The number of pyridine rings is 1. The lowest BCUT2D eigenvalue weighted by molar-refractivity contribution is 0.775. The highest BCUT2D eigenvalue weighted by Gasteiger charge is 2.49. The zero-order valence-corrected chi connectivity index (χ0v) is 33.1. The summed E-state index contributed by atoms with van der Waals surface area (Å²) >= 11 is 0.